The van der Waals surface area contributed by atoms with E-state index >= 15 is 0 Å². The van der Waals surface area contributed by atoms with E-state index in [2.05, 4.69) is 15.8 Å². The van der Waals surface area contributed by atoms with Gasteiger partial charge in [-0.2, -0.15) is 5.10 Å². The third-order valence-electron chi connectivity index (χ3n) is 2.57. The summed E-state index contributed by atoms with van der Waals surface area (Å²) in [4.78, 5) is 0. The molecule has 6 nitrogen and oxygen atoms in total. The summed E-state index contributed by atoms with van der Waals surface area (Å²) in [6.45, 7) is 3.76. The van der Waals surface area contributed by atoms with Gasteiger partial charge in [0.1, 0.15) is 13.2 Å². The average Bonchev–Trinajstić information content (AvgIpc) is 2.46. The quantitative estimate of drug-likeness (QED) is 0.496. The highest BCUT2D eigenvalue weighted by atomic mass is 32.1. The summed E-state index contributed by atoms with van der Waals surface area (Å²) in [5, 5.41) is 7.48. The minimum Gasteiger partial charge on any atom is -0.493 e. The number of nitrogens with one attached hydrogen (secondary N) is 2. The second-order valence-corrected chi connectivity index (χ2v) is 4.39. The number of ether oxygens (including phenoxy) is 3. The summed E-state index contributed by atoms with van der Waals surface area (Å²) >= 11 is 5.01. The van der Waals surface area contributed by atoms with Crippen molar-refractivity contribution in [2.24, 2.45) is 5.10 Å². The van der Waals surface area contributed by atoms with Gasteiger partial charge in [-0.25, -0.2) is 0 Å². The molecule has 0 saturated heterocycles. The van der Waals surface area contributed by atoms with E-state index in [0.717, 1.165) is 12.1 Å². The second-order valence-electron chi connectivity index (χ2n) is 3.98. The van der Waals surface area contributed by atoms with Crippen LogP contribution in [-0.4, -0.2) is 38.2 Å². The van der Waals surface area contributed by atoms with Crippen LogP contribution in [0.15, 0.2) is 17.2 Å². The van der Waals surface area contributed by atoms with Crippen LogP contribution >= 0.6 is 12.2 Å². The van der Waals surface area contributed by atoms with Crippen molar-refractivity contribution in [3.63, 3.8) is 0 Å². The van der Waals surface area contributed by atoms with Crippen molar-refractivity contribution in [3.05, 3.63) is 17.7 Å². The summed E-state index contributed by atoms with van der Waals surface area (Å²) < 4.78 is 16.4. The fraction of sp³-hybridized carbons (Fsp3) is 0.385. The highest BCUT2D eigenvalue weighted by molar-refractivity contribution is 7.80. The number of methoxy groups -OCH3 is 1. The number of fused-ring (bicyclic) bond motifs is 1. The molecule has 0 fully saturated rings. The zero-order valence-corrected chi connectivity index (χ0v) is 12.3. The molecule has 2 rings (SSSR count). The zero-order chi connectivity index (χ0) is 14.4. The van der Waals surface area contributed by atoms with Crippen molar-refractivity contribution in [1.29, 1.82) is 0 Å². The monoisotopic (exact) mass is 295 g/mol. The number of nitrogens with zero attached hydrogens (tertiary/aromatic N) is 1. The van der Waals surface area contributed by atoms with Crippen LogP contribution in [0.1, 0.15) is 12.5 Å². The van der Waals surface area contributed by atoms with E-state index in [1.54, 1.807) is 13.3 Å². The SMILES string of the molecule is CCNC(=S)N/N=C\c1cc(OC)c2c(c1)OCCO2. The van der Waals surface area contributed by atoms with E-state index in [1.807, 2.05) is 19.1 Å². The average molecular weight is 295 g/mol. The lowest BCUT2D eigenvalue weighted by molar-refractivity contribution is 0.165. The van der Waals surface area contributed by atoms with E-state index in [9.17, 15) is 0 Å². The molecule has 0 saturated carbocycles. The molecule has 0 bridgehead atoms. The summed E-state index contributed by atoms with van der Waals surface area (Å²) in [6, 6.07) is 3.67. The second kappa shape index (κ2) is 6.95. The molecule has 1 aliphatic rings. The van der Waals surface area contributed by atoms with Crippen LogP contribution in [0.2, 0.25) is 0 Å². The Bertz CT molecular complexity index is 503. The minimum absolute atomic E-state index is 0.480. The number of benzene rings is 1. The van der Waals surface area contributed by atoms with E-state index in [0.29, 0.717) is 35.6 Å². The first kappa shape index (κ1) is 14.4. The molecule has 1 aromatic rings. The first-order valence-corrected chi connectivity index (χ1v) is 6.70. The lowest BCUT2D eigenvalue weighted by atomic mass is 10.2. The molecular weight excluding hydrogens is 278 g/mol. The molecule has 108 valence electrons. The van der Waals surface area contributed by atoms with Gasteiger partial charge in [0.15, 0.2) is 16.6 Å². The van der Waals surface area contributed by atoms with Crippen LogP contribution in [0.4, 0.5) is 0 Å². The van der Waals surface area contributed by atoms with Crippen LogP contribution in [-0.2, 0) is 0 Å². The van der Waals surface area contributed by atoms with E-state index < -0.39 is 0 Å². The van der Waals surface area contributed by atoms with Gasteiger partial charge in [-0.3, -0.25) is 5.43 Å². The maximum atomic E-state index is 5.55. The lowest BCUT2D eigenvalue weighted by Gasteiger charge is -2.20. The smallest absolute Gasteiger partial charge is 0.203 e. The molecule has 7 heteroatoms. The first-order chi connectivity index (χ1) is 9.74. The normalized spacial score (nSPS) is 13.1. The Morgan fingerprint density at radius 2 is 2.25 bits per heavy atom. The fourth-order valence-electron chi connectivity index (χ4n) is 1.73. The largest absolute Gasteiger partial charge is 0.493 e. The molecule has 20 heavy (non-hydrogen) atoms. The maximum Gasteiger partial charge on any atom is 0.203 e. The van der Waals surface area contributed by atoms with Gasteiger partial charge >= 0.3 is 0 Å². The van der Waals surface area contributed by atoms with Crippen LogP contribution < -0.4 is 25.0 Å². The van der Waals surface area contributed by atoms with Gasteiger partial charge < -0.3 is 19.5 Å². The molecule has 0 unspecified atom stereocenters. The van der Waals surface area contributed by atoms with Gasteiger partial charge in [-0.15, -0.1) is 0 Å². The van der Waals surface area contributed by atoms with Crippen molar-refractivity contribution in [2.75, 3.05) is 26.9 Å². The molecule has 2 N–H and O–H groups in total. The Morgan fingerprint density at radius 1 is 1.45 bits per heavy atom. The molecular formula is C13H17N3O3S. The topological polar surface area (TPSA) is 64.1 Å². The molecule has 0 radical (unpaired) electrons. The van der Waals surface area contributed by atoms with Gasteiger partial charge in [0.05, 0.1) is 13.3 Å². The van der Waals surface area contributed by atoms with Gasteiger partial charge in [0.25, 0.3) is 0 Å². The van der Waals surface area contributed by atoms with Crippen molar-refractivity contribution < 1.29 is 14.2 Å². The first-order valence-electron chi connectivity index (χ1n) is 6.29. The molecule has 0 aromatic heterocycles. The van der Waals surface area contributed by atoms with Crippen molar-refractivity contribution in [2.45, 2.75) is 6.92 Å². The molecule has 0 spiro atoms. The molecule has 0 aliphatic carbocycles. The number of rotatable bonds is 4. The fourth-order valence-corrected chi connectivity index (χ4v) is 1.93. The van der Waals surface area contributed by atoms with Gasteiger partial charge in [-0.1, -0.05) is 0 Å². The molecule has 0 amide bonds. The maximum absolute atomic E-state index is 5.55. The Labute approximate surface area is 123 Å². The van der Waals surface area contributed by atoms with E-state index in [1.165, 1.54) is 0 Å². The van der Waals surface area contributed by atoms with Crippen LogP contribution in [0.3, 0.4) is 0 Å². The van der Waals surface area contributed by atoms with Gasteiger partial charge in [-0.05, 0) is 31.3 Å². The minimum atomic E-state index is 0.480. The highest BCUT2D eigenvalue weighted by Gasteiger charge is 2.17. The predicted molar refractivity (Wildman–Crippen MR) is 81.0 cm³/mol. The third kappa shape index (κ3) is 3.51. The van der Waals surface area contributed by atoms with Gasteiger partial charge in [0, 0.05) is 12.1 Å². The van der Waals surface area contributed by atoms with Crippen LogP contribution in [0.25, 0.3) is 0 Å². The summed E-state index contributed by atoms with van der Waals surface area (Å²) in [5.41, 5.74) is 3.56. The number of thiocarbonyl (C=S) groups is 1. The molecule has 1 aliphatic heterocycles. The Kier molecular flexibility index (Phi) is 5.00. The standard InChI is InChI=1S/C13H17N3O3S/c1-3-14-13(20)16-15-8-9-6-10(17-2)12-11(7-9)18-4-5-19-12/h6-8H,3-5H2,1-2H3,(H2,14,16,20)/b15-8-. The number of hydrogen-bond acceptors (Lipinski definition) is 5. The third-order valence-corrected chi connectivity index (χ3v) is 2.80. The summed E-state index contributed by atoms with van der Waals surface area (Å²) in [7, 11) is 1.59. The Morgan fingerprint density at radius 3 is 3.00 bits per heavy atom. The molecule has 1 heterocycles. The van der Waals surface area contributed by atoms with Crippen molar-refractivity contribution >= 4 is 23.5 Å². The summed E-state index contributed by atoms with van der Waals surface area (Å²) in [5.74, 6) is 1.91. The highest BCUT2D eigenvalue weighted by Crippen LogP contribution is 2.39. The zero-order valence-electron chi connectivity index (χ0n) is 11.4. The van der Waals surface area contributed by atoms with Crippen LogP contribution in [0.5, 0.6) is 17.2 Å². The Hall–Kier alpha value is -2.02. The molecule has 1 aromatic carbocycles. The van der Waals surface area contributed by atoms with Gasteiger partial charge in [0.2, 0.25) is 5.75 Å². The molecule has 0 atom stereocenters. The van der Waals surface area contributed by atoms with E-state index in [-0.39, 0.29) is 0 Å². The van der Waals surface area contributed by atoms with Crippen molar-refractivity contribution in [1.82, 2.24) is 10.7 Å². The number of hydrazone groups is 1. The van der Waals surface area contributed by atoms with Crippen molar-refractivity contribution in [3.8, 4) is 17.2 Å². The van der Waals surface area contributed by atoms with E-state index in [4.69, 9.17) is 26.4 Å². The number of hydrogen-bond donors (Lipinski definition) is 2. The van der Waals surface area contributed by atoms with Crippen LogP contribution in [0, 0.1) is 0 Å². The Balaban J connectivity index is 2.12. The lowest BCUT2D eigenvalue weighted by Crippen LogP contribution is -2.31. The predicted octanol–water partition coefficient (Wildman–Crippen LogP) is 1.28. The summed E-state index contributed by atoms with van der Waals surface area (Å²) in [6.07, 6.45) is 1.64.